The fraction of sp³-hybridized carbons (Fsp3) is 0.375. The number of aliphatic carboxylic acids is 1. The lowest BCUT2D eigenvalue weighted by Gasteiger charge is -2.19. The fourth-order valence-electron chi connectivity index (χ4n) is 1.91. The summed E-state index contributed by atoms with van der Waals surface area (Å²) in [6, 6.07) is 9.27. The number of ether oxygens (including phenoxy) is 1. The van der Waals surface area contributed by atoms with Crippen molar-refractivity contribution in [3.05, 3.63) is 36.0 Å². The van der Waals surface area contributed by atoms with Crippen LogP contribution in [0.25, 0.3) is 10.9 Å². The van der Waals surface area contributed by atoms with E-state index < -0.39 is 11.4 Å². The summed E-state index contributed by atoms with van der Waals surface area (Å²) in [5.41, 5.74) is 0.323. The second-order valence-corrected chi connectivity index (χ2v) is 5.65. The largest absolute Gasteiger partial charge is 0.491 e. The number of carboxylic acids is 1. The highest BCUT2D eigenvalue weighted by Gasteiger charge is 2.31. The van der Waals surface area contributed by atoms with Crippen LogP contribution in [0, 0.1) is 0 Å². The van der Waals surface area contributed by atoms with Gasteiger partial charge in [0.15, 0.2) is 0 Å². The Balaban J connectivity index is 2.44. The van der Waals surface area contributed by atoms with Crippen LogP contribution in [0.2, 0.25) is 0 Å². The molecule has 0 amide bonds. The average molecular weight is 273 g/mol. The fourth-order valence-corrected chi connectivity index (χ4v) is 1.91. The van der Waals surface area contributed by atoms with E-state index in [0.29, 0.717) is 5.69 Å². The lowest BCUT2D eigenvalue weighted by atomic mass is 9.89. The molecule has 0 saturated carbocycles. The van der Waals surface area contributed by atoms with Gasteiger partial charge in [-0.25, -0.2) is 0 Å². The number of carboxylic acid groups (broad SMARTS) is 1. The van der Waals surface area contributed by atoms with Gasteiger partial charge in [-0.1, -0.05) is 6.07 Å². The van der Waals surface area contributed by atoms with Crippen LogP contribution in [0.4, 0.5) is 0 Å². The van der Waals surface area contributed by atoms with Gasteiger partial charge in [-0.3, -0.25) is 9.78 Å². The van der Waals surface area contributed by atoms with Crippen molar-refractivity contribution >= 4 is 16.9 Å². The molecule has 0 atom stereocenters. The Morgan fingerprint density at radius 2 is 1.95 bits per heavy atom. The van der Waals surface area contributed by atoms with Crippen LogP contribution in [0.15, 0.2) is 30.3 Å². The van der Waals surface area contributed by atoms with Crippen LogP contribution in [0.1, 0.15) is 33.4 Å². The van der Waals surface area contributed by atoms with Gasteiger partial charge < -0.3 is 9.84 Å². The van der Waals surface area contributed by atoms with Gasteiger partial charge in [0.1, 0.15) is 11.2 Å². The van der Waals surface area contributed by atoms with Crippen molar-refractivity contribution in [2.24, 2.45) is 0 Å². The van der Waals surface area contributed by atoms with E-state index in [1.54, 1.807) is 19.9 Å². The highest BCUT2D eigenvalue weighted by atomic mass is 16.5. The summed E-state index contributed by atoms with van der Waals surface area (Å²) >= 11 is 0. The van der Waals surface area contributed by atoms with Gasteiger partial charge in [0.25, 0.3) is 0 Å². The molecule has 4 nitrogen and oxygen atoms in total. The molecule has 0 aliphatic carbocycles. The lowest BCUT2D eigenvalue weighted by Crippen LogP contribution is -2.29. The number of nitrogens with zero attached hydrogens (tertiary/aromatic N) is 1. The smallest absolute Gasteiger partial charge is 0.315 e. The second kappa shape index (κ2) is 5.12. The number of rotatable bonds is 4. The molecule has 1 N–H and O–H groups in total. The first kappa shape index (κ1) is 14.3. The zero-order chi connectivity index (χ0) is 14.9. The third-order valence-corrected chi connectivity index (χ3v) is 3.21. The molecule has 0 aliphatic rings. The number of benzene rings is 1. The first-order valence-electron chi connectivity index (χ1n) is 6.62. The minimum absolute atomic E-state index is 0.116. The lowest BCUT2D eigenvalue weighted by molar-refractivity contribution is -0.142. The molecule has 1 aromatic heterocycles. The van der Waals surface area contributed by atoms with Crippen molar-refractivity contribution in [3.63, 3.8) is 0 Å². The Kier molecular flexibility index (Phi) is 3.66. The molecule has 4 heteroatoms. The number of fused-ring (bicyclic) bond motifs is 1. The van der Waals surface area contributed by atoms with Gasteiger partial charge in [0.05, 0.1) is 17.3 Å². The summed E-state index contributed by atoms with van der Waals surface area (Å²) in [6.45, 7) is 7.25. The Morgan fingerprint density at radius 3 is 2.55 bits per heavy atom. The Bertz CT molecular complexity index is 647. The minimum atomic E-state index is -0.999. The van der Waals surface area contributed by atoms with Crippen molar-refractivity contribution in [1.82, 2.24) is 4.98 Å². The summed E-state index contributed by atoms with van der Waals surface area (Å²) in [4.78, 5) is 15.7. The van der Waals surface area contributed by atoms with Crippen LogP contribution >= 0.6 is 0 Å². The average Bonchev–Trinajstić information content (AvgIpc) is 2.37. The molecule has 1 aromatic carbocycles. The number of carbonyl (C=O) groups is 1. The van der Waals surface area contributed by atoms with E-state index in [2.05, 4.69) is 4.98 Å². The van der Waals surface area contributed by atoms with Crippen LogP contribution in [-0.2, 0) is 10.2 Å². The van der Waals surface area contributed by atoms with E-state index in [0.717, 1.165) is 16.7 Å². The van der Waals surface area contributed by atoms with E-state index in [1.165, 1.54) is 0 Å². The van der Waals surface area contributed by atoms with Gasteiger partial charge >= 0.3 is 5.97 Å². The molecule has 106 valence electrons. The molecule has 2 rings (SSSR count). The summed E-state index contributed by atoms with van der Waals surface area (Å²) in [5, 5.41) is 10.2. The van der Waals surface area contributed by atoms with Gasteiger partial charge in [-0.15, -0.1) is 0 Å². The van der Waals surface area contributed by atoms with Crippen molar-refractivity contribution < 1.29 is 14.6 Å². The van der Waals surface area contributed by atoms with Gasteiger partial charge in [-0.05, 0) is 52.0 Å². The van der Waals surface area contributed by atoms with Gasteiger partial charge in [0, 0.05) is 5.39 Å². The monoisotopic (exact) mass is 273 g/mol. The van der Waals surface area contributed by atoms with Gasteiger partial charge in [0.2, 0.25) is 0 Å². The SMILES string of the molecule is CC(C)Oc1ccc2nc(C(C)(C)C(=O)O)ccc2c1. The summed E-state index contributed by atoms with van der Waals surface area (Å²) in [7, 11) is 0. The first-order chi connectivity index (χ1) is 9.30. The summed E-state index contributed by atoms with van der Waals surface area (Å²) in [6.07, 6.45) is 0.116. The van der Waals surface area contributed by atoms with E-state index in [-0.39, 0.29) is 6.10 Å². The molecule has 2 aromatic rings. The maximum Gasteiger partial charge on any atom is 0.315 e. The topological polar surface area (TPSA) is 59.4 Å². The molecule has 0 spiro atoms. The van der Waals surface area contributed by atoms with Crippen molar-refractivity contribution in [1.29, 1.82) is 0 Å². The number of hydrogen-bond donors (Lipinski definition) is 1. The van der Waals surface area contributed by atoms with E-state index >= 15 is 0 Å². The zero-order valence-electron chi connectivity index (χ0n) is 12.2. The van der Waals surface area contributed by atoms with E-state index in [9.17, 15) is 9.90 Å². The second-order valence-electron chi connectivity index (χ2n) is 5.65. The number of aromatic nitrogens is 1. The highest BCUT2D eigenvalue weighted by Crippen LogP contribution is 2.26. The van der Waals surface area contributed by atoms with Crippen LogP contribution in [-0.4, -0.2) is 22.2 Å². The predicted octanol–water partition coefficient (Wildman–Crippen LogP) is 3.38. The van der Waals surface area contributed by atoms with Crippen LogP contribution < -0.4 is 4.74 Å². The summed E-state index contributed by atoms with van der Waals surface area (Å²) < 4.78 is 5.64. The molecule has 0 radical (unpaired) electrons. The number of pyridine rings is 1. The maximum absolute atomic E-state index is 11.3. The van der Waals surface area contributed by atoms with Crippen molar-refractivity contribution in [3.8, 4) is 5.75 Å². The molecule has 0 bridgehead atoms. The Morgan fingerprint density at radius 1 is 1.25 bits per heavy atom. The molecule has 0 saturated heterocycles. The highest BCUT2D eigenvalue weighted by molar-refractivity contribution is 5.83. The molecule has 0 aliphatic heterocycles. The summed E-state index contributed by atoms with van der Waals surface area (Å²) in [5.74, 6) is -0.0938. The quantitative estimate of drug-likeness (QED) is 0.927. The zero-order valence-corrected chi connectivity index (χ0v) is 12.2. The predicted molar refractivity (Wildman–Crippen MR) is 78.2 cm³/mol. The normalized spacial score (nSPS) is 11.8. The third-order valence-electron chi connectivity index (χ3n) is 3.21. The van der Waals surface area contributed by atoms with E-state index in [1.807, 2.05) is 38.1 Å². The van der Waals surface area contributed by atoms with Crippen molar-refractivity contribution in [2.75, 3.05) is 0 Å². The molecule has 0 fully saturated rings. The Labute approximate surface area is 118 Å². The molecule has 0 unspecified atom stereocenters. The van der Waals surface area contributed by atoms with Crippen LogP contribution in [0.3, 0.4) is 0 Å². The first-order valence-corrected chi connectivity index (χ1v) is 6.62. The molecular weight excluding hydrogens is 254 g/mol. The molecular formula is C16H19NO3. The Hall–Kier alpha value is -2.10. The maximum atomic E-state index is 11.3. The standard InChI is InChI=1S/C16H19NO3/c1-10(2)20-12-6-7-13-11(9-12)5-8-14(17-13)16(3,4)15(18)19/h5-10H,1-4H3,(H,18,19). The molecule has 20 heavy (non-hydrogen) atoms. The van der Waals surface area contributed by atoms with Crippen molar-refractivity contribution in [2.45, 2.75) is 39.2 Å². The molecule has 1 heterocycles. The van der Waals surface area contributed by atoms with Gasteiger partial charge in [-0.2, -0.15) is 0 Å². The third kappa shape index (κ3) is 2.74. The van der Waals surface area contributed by atoms with E-state index in [4.69, 9.17) is 4.74 Å². The van der Waals surface area contributed by atoms with Crippen LogP contribution in [0.5, 0.6) is 5.75 Å². The number of hydrogen-bond acceptors (Lipinski definition) is 3. The minimum Gasteiger partial charge on any atom is -0.491 e.